The van der Waals surface area contributed by atoms with Gasteiger partial charge in [-0.25, -0.2) is 4.68 Å². The van der Waals surface area contributed by atoms with Crippen LogP contribution >= 0.6 is 0 Å². The number of rotatable bonds is 5. The number of carbonyl (C=O) groups is 1. The average molecular weight is 306 g/mol. The highest BCUT2D eigenvalue weighted by Gasteiger charge is 2.21. The van der Waals surface area contributed by atoms with Crippen LogP contribution in [-0.4, -0.2) is 34.8 Å². The van der Waals surface area contributed by atoms with Crippen LogP contribution in [-0.2, 0) is 11.3 Å². The molecule has 0 saturated carbocycles. The summed E-state index contributed by atoms with van der Waals surface area (Å²) in [7, 11) is 0. The van der Waals surface area contributed by atoms with Crippen molar-refractivity contribution in [2.45, 2.75) is 52.6 Å². The number of carbonyl (C=O) groups excluding carboxylic acids is 1. The first kappa shape index (κ1) is 16.5. The number of aryl methyl sites for hydroxylation is 1. The van der Waals surface area contributed by atoms with Gasteiger partial charge >= 0.3 is 0 Å². The van der Waals surface area contributed by atoms with Gasteiger partial charge in [0, 0.05) is 38.2 Å². The summed E-state index contributed by atoms with van der Waals surface area (Å²) >= 11 is 0. The lowest BCUT2D eigenvalue weighted by Crippen LogP contribution is -2.45. The summed E-state index contributed by atoms with van der Waals surface area (Å²) in [6, 6.07) is 1.89. The van der Waals surface area contributed by atoms with E-state index >= 15 is 0 Å². The molecular formula is C16H26N4O2. The fourth-order valence-corrected chi connectivity index (χ4v) is 2.77. The van der Waals surface area contributed by atoms with Crippen molar-refractivity contribution in [3.8, 4) is 0 Å². The summed E-state index contributed by atoms with van der Waals surface area (Å²) in [6.45, 7) is 8.26. The van der Waals surface area contributed by atoms with Gasteiger partial charge < -0.3 is 10.2 Å². The normalized spacial score (nSPS) is 16.1. The molecule has 2 rings (SSSR count). The second kappa shape index (κ2) is 7.42. The number of anilines is 1. The maximum Gasteiger partial charge on any atom is 0.268 e. The minimum atomic E-state index is -0.0626. The van der Waals surface area contributed by atoms with E-state index in [9.17, 15) is 9.59 Å². The van der Waals surface area contributed by atoms with Gasteiger partial charge in [-0.05, 0) is 25.7 Å². The Labute approximate surface area is 131 Å². The van der Waals surface area contributed by atoms with Crippen LogP contribution in [0.25, 0.3) is 0 Å². The molecule has 0 aliphatic carbocycles. The van der Waals surface area contributed by atoms with Gasteiger partial charge in [-0.3, -0.25) is 9.59 Å². The lowest BCUT2D eigenvalue weighted by Gasteiger charge is -2.33. The molecule has 1 N–H and O–H groups in total. The number of hydrogen-bond acceptors (Lipinski definition) is 4. The van der Waals surface area contributed by atoms with Crippen molar-refractivity contribution in [2.24, 2.45) is 5.92 Å². The number of aromatic nitrogens is 2. The third-order valence-electron chi connectivity index (χ3n) is 3.97. The first-order valence-corrected chi connectivity index (χ1v) is 8.11. The number of nitrogens with one attached hydrogen (secondary N) is 1. The third-order valence-corrected chi connectivity index (χ3v) is 3.97. The van der Waals surface area contributed by atoms with Crippen molar-refractivity contribution in [3.63, 3.8) is 0 Å². The Morgan fingerprint density at radius 1 is 1.41 bits per heavy atom. The quantitative estimate of drug-likeness (QED) is 0.893. The smallest absolute Gasteiger partial charge is 0.268 e. The minimum absolute atomic E-state index is 0.0626. The Bertz CT molecular complexity index is 560. The Morgan fingerprint density at radius 2 is 2.09 bits per heavy atom. The second-order valence-corrected chi connectivity index (χ2v) is 6.29. The highest BCUT2D eigenvalue weighted by molar-refractivity contribution is 5.76. The van der Waals surface area contributed by atoms with Gasteiger partial charge in [-0.15, -0.1) is 0 Å². The van der Waals surface area contributed by atoms with Gasteiger partial charge in [-0.2, -0.15) is 5.10 Å². The Kier molecular flexibility index (Phi) is 5.57. The molecule has 1 aliphatic heterocycles. The van der Waals surface area contributed by atoms with Crippen molar-refractivity contribution in [2.75, 3.05) is 18.0 Å². The molecule has 2 heterocycles. The molecule has 0 aromatic carbocycles. The topological polar surface area (TPSA) is 67.2 Å². The van der Waals surface area contributed by atoms with Crippen molar-refractivity contribution < 1.29 is 4.79 Å². The molecule has 0 bridgehead atoms. The van der Waals surface area contributed by atoms with Gasteiger partial charge in [0.15, 0.2) is 0 Å². The molecule has 1 aromatic rings. The summed E-state index contributed by atoms with van der Waals surface area (Å²) < 4.78 is 1.45. The third kappa shape index (κ3) is 4.32. The maximum atomic E-state index is 11.8. The fourth-order valence-electron chi connectivity index (χ4n) is 2.77. The van der Waals surface area contributed by atoms with E-state index in [0.717, 1.165) is 31.6 Å². The molecule has 0 unspecified atom stereocenters. The Balaban J connectivity index is 1.88. The molecule has 1 aliphatic rings. The number of piperidine rings is 1. The first-order valence-electron chi connectivity index (χ1n) is 8.11. The van der Waals surface area contributed by atoms with E-state index in [1.807, 2.05) is 20.8 Å². The van der Waals surface area contributed by atoms with E-state index < -0.39 is 0 Å². The highest BCUT2D eigenvalue weighted by atomic mass is 16.1. The molecule has 6 nitrogen and oxygen atoms in total. The molecule has 1 aromatic heterocycles. The lowest BCUT2D eigenvalue weighted by molar-refractivity contribution is -0.122. The van der Waals surface area contributed by atoms with Gasteiger partial charge in [-0.1, -0.05) is 13.8 Å². The van der Waals surface area contributed by atoms with Gasteiger partial charge in [0.05, 0.1) is 11.9 Å². The minimum Gasteiger partial charge on any atom is -0.370 e. The van der Waals surface area contributed by atoms with E-state index in [2.05, 4.69) is 15.3 Å². The lowest BCUT2D eigenvalue weighted by atomic mass is 10.0. The van der Waals surface area contributed by atoms with E-state index in [1.54, 1.807) is 12.3 Å². The Hall–Kier alpha value is -1.85. The van der Waals surface area contributed by atoms with E-state index in [4.69, 9.17) is 0 Å². The highest BCUT2D eigenvalue weighted by Crippen LogP contribution is 2.18. The monoisotopic (exact) mass is 306 g/mol. The zero-order chi connectivity index (χ0) is 16.1. The number of hydrogen-bond donors (Lipinski definition) is 1. The molecule has 122 valence electrons. The summed E-state index contributed by atoms with van der Waals surface area (Å²) in [5.41, 5.74) is 0.814. The molecule has 0 radical (unpaired) electrons. The van der Waals surface area contributed by atoms with Crippen LogP contribution in [0.3, 0.4) is 0 Å². The van der Waals surface area contributed by atoms with Crippen molar-refractivity contribution >= 4 is 11.6 Å². The summed E-state index contributed by atoms with van der Waals surface area (Å²) in [5.74, 6) is 0.525. The summed E-state index contributed by atoms with van der Waals surface area (Å²) in [4.78, 5) is 25.8. The van der Waals surface area contributed by atoms with Gasteiger partial charge in [0.2, 0.25) is 5.91 Å². The summed E-state index contributed by atoms with van der Waals surface area (Å²) in [6.07, 6.45) is 4.14. The zero-order valence-electron chi connectivity index (χ0n) is 13.7. The van der Waals surface area contributed by atoms with Crippen LogP contribution < -0.4 is 15.8 Å². The van der Waals surface area contributed by atoms with Crippen LogP contribution in [0, 0.1) is 5.92 Å². The van der Waals surface area contributed by atoms with Crippen molar-refractivity contribution in [1.29, 1.82) is 0 Å². The SMILES string of the molecule is CCn1ncc(N2CCC(NC(=O)CC(C)C)CC2)cc1=O. The fraction of sp³-hybridized carbons (Fsp3) is 0.688. The largest absolute Gasteiger partial charge is 0.370 e. The predicted octanol–water partition coefficient (Wildman–Crippen LogP) is 1.39. The standard InChI is InChI=1S/C16H26N4O2/c1-4-20-16(22)10-14(11-17-20)19-7-5-13(6-8-19)18-15(21)9-12(2)3/h10-13H,4-9H2,1-3H3,(H,18,21). The maximum absolute atomic E-state index is 11.8. The van der Waals surface area contributed by atoms with Gasteiger partial charge in [0.1, 0.15) is 0 Å². The molecule has 1 amide bonds. The second-order valence-electron chi connectivity index (χ2n) is 6.29. The van der Waals surface area contributed by atoms with Crippen LogP contribution in [0.4, 0.5) is 5.69 Å². The molecule has 0 atom stereocenters. The zero-order valence-corrected chi connectivity index (χ0v) is 13.7. The van der Waals surface area contributed by atoms with E-state index in [0.29, 0.717) is 18.9 Å². The number of amides is 1. The van der Waals surface area contributed by atoms with Crippen LogP contribution in [0.2, 0.25) is 0 Å². The Morgan fingerprint density at radius 3 is 2.64 bits per heavy atom. The molecule has 6 heteroatoms. The van der Waals surface area contributed by atoms with Crippen molar-refractivity contribution in [1.82, 2.24) is 15.1 Å². The molecule has 0 spiro atoms. The molecule has 1 saturated heterocycles. The molecular weight excluding hydrogens is 280 g/mol. The molecule has 1 fully saturated rings. The van der Waals surface area contributed by atoms with Crippen molar-refractivity contribution in [3.05, 3.63) is 22.6 Å². The van der Waals surface area contributed by atoms with E-state index in [1.165, 1.54) is 4.68 Å². The van der Waals surface area contributed by atoms with Gasteiger partial charge in [0.25, 0.3) is 5.56 Å². The first-order chi connectivity index (χ1) is 10.5. The average Bonchev–Trinajstić information content (AvgIpc) is 2.47. The molecule has 22 heavy (non-hydrogen) atoms. The summed E-state index contributed by atoms with van der Waals surface area (Å²) in [5, 5.41) is 7.27. The number of nitrogens with zero attached hydrogens (tertiary/aromatic N) is 3. The van der Waals surface area contributed by atoms with E-state index in [-0.39, 0.29) is 17.5 Å². The van der Waals surface area contributed by atoms with Crippen LogP contribution in [0.5, 0.6) is 0 Å². The predicted molar refractivity (Wildman–Crippen MR) is 87.0 cm³/mol. The van der Waals surface area contributed by atoms with Crippen LogP contribution in [0.15, 0.2) is 17.1 Å². The van der Waals surface area contributed by atoms with Crippen LogP contribution in [0.1, 0.15) is 40.0 Å².